The number of ether oxygens (including phenoxy) is 1. The number of nitrogens with zero attached hydrogens (tertiary/aromatic N) is 1. The monoisotopic (exact) mass is 362 g/mol. The fourth-order valence-corrected chi connectivity index (χ4v) is 3.14. The molecule has 1 N–H and O–H groups in total. The first-order valence-electron chi connectivity index (χ1n) is 7.14. The van der Waals surface area contributed by atoms with Gasteiger partial charge in [0.2, 0.25) is 0 Å². The maximum Gasteiger partial charge on any atom is 0.348 e. The Morgan fingerprint density at radius 2 is 1.92 bits per heavy atom. The highest BCUT2D eigenvalue weighted by Gasteiger charge is 2.23. The van der Waals surface area contributed by atoms with E-state index in [2.05, 4.69) is 5.32 Å². The van der Waals surface area contributed by atoms with Gasteiger partial charge in [0.25, 0.3) is 5.91 Å². The SMILES string of the molecule is Cc1c(C(=O)OC(C)C)sc(NC(=O)c2ccc(Cl)cc2)c1C#N. The average molecular weight is 363 g/mol. The summed E-state index contributed by atoms with van der Waals surface area (Å²) < 4.78 is 5.17. The Kier molecular flexibility index (Phi) is 5.60. The highest BCUT2D eigenvalue weighted by molar-refractivity contribution is 7.18. The maximum absolute atomic E-state index is 12.3. The van der Waals surface area contributed by atoms with Crippen molar-refractivity contribution in [3.8, 4) is 6.07 Å². The second-order valence-corrected chi connectivity index (χ2v) is 6.74. The normalized spacial score (nSPS) is 10.3. The van der Waals surface area contributed by atoms with E-state index in [9.17, 15) is 14.9 Å². The van der Waals surface area contributed by atoms with Gasteiger partial charge in [-0.25, -0.2) is 4.79 Å². The number of anilines is 1. The van der Waals surface area contributed by atoms with Crippen LogP contribution in [0.25, 0.3) is 0 Å². The van der Waals surface area contributed by atoms with Crippen molar-refractivity contribution in [2.75, 3.05) is 5.32 Å². The van der Waals surface area contributed by atoms with Crippen LogP contribution < -0.4 is 5.32 Å². The van der Waals surface area contributed by atoms with Crippen molar-refractivity contribution in [1.29, 1.82) is 5.26 Å². The van der Waals surface area contributed by atoms with E-state index in [1.54, 1.807) is 45.0 Å². The van der Waals surface area contributed by atoms with Crippen molar-refractivity contribution in [1.82, 2.24) is 0 Å². The summed E-state index contributed by atoms with van der Waals surface area (Å²) in [6.07, 6.45) is -0.267. The summed E-state index contributed by atoms with van der Waals surface area (Å²) in [5, 5.41) is 12.9. The topological polar surface area (TPSA) is 79.2 Å². The minimum Gasteiger partial charge on any atom is -0.459 e. The summed E-state index contributed by atoms with van der Waals surface area (Å²) in [6, 6.07) is 8.40. The van der Waals surface area contributed by atoms with E-state index < -0.39 is 5.97 Å². The first-order chi connectivity index (χ1) is 11.3. The van der Waals surface area contributed by atoms with Crippen LogP contribution in [0.15, 0.2) is 24.3 Å². The highest BCUT2D eigenvalue weighted by Crippen LogP contribution is 2.33. The molecule has 124 valence electrons. The van der Waals surface area contributed by atoms with Crippen LogP contribution in [0.3, 0.4) is 0 Å². The van der Waals surface area contributed by atoms with Crippen LogP contribution >= 0.6 is 22.9 Å². The van der Waals surface area contributed by atoms with E-state index in [-0.39, 0.29) is 17.6 Å². The molecular weight excluding hydrogens is 348 g/mol. The molecule has 0 aliphatic rings. The lowest BCUT2D eigenvalue weighted by Gasteiger charge is -2.06. The molecule has 0 aliphatic heterocycles. The molecule has 1 amide bonds. The van der Waals surface area contributed by atoms with Gasteiger partial charge in [-0.15, -0.1) is 11.3 Å². The quantitative estimate of drug-likeness (QED) is 0.817. The molecule has 0 atom stereocenters. The van der Waals surface area contributed by atoms with Gasteiger partial charge in [-0.3, -0.25) is 4.79 Å². The number of nitriles is 1. The Morgan fingerprint density at radius 1 is 1.29 bits per heavy atom. The molecule has 1 aromatic carbocycles. The Bertz CT molecular complexity index is 820. The van der Waals surface area contributed by atoms with Crippen molar-refractivity contribution in [2.24, 2.45) is 0 Å². The minimum atomic E-state index is -0.504. The van der Waals surface area contributed by atoms with Gasteiger partial charge in [0, 0.05) is 10.6 Å². The number of halogens is 1. The fourth-order valence-electron chi connectivity index (χ4n) is 1.98. The fraction of sp³-hybridized carbons (Fsp3) is 0.235. The zero-order chi connectivity index (χ0) is 17.9. The number of nitrogens with one attached hydrogen (secondary N) is 1. The molecule has 0 saturated carbocycles. The largest absolute Gasteiger partial charge is 0.459 e. The molecule has 0 aliphatic carbocycles. The van der Waals surface area contributed by atoms with Crippen molar-refractivity contribution >= 4 is 39.8 Å². The van der Waals surface area contributed by atoms with E-state index in [1.165, 1.54) is 0 Å². The van der Waals surface area contributed by atoms with Gasteiger partial charge < -0.3 is 10.1 Å². The van der Waals surface area contributed by atoms with Crippen LogP contribution in [0, 0.1) is 18.3 Å². The van der Waals surface area contributed by atoms with Crippen LogP contribution in [-0.2, 0) is 4.74 Å². The molecule has 1 aromatic heterocycles. The molecule has 0 radical (unpaired) electrons. The lowest BCUT2D eigenvalue weighted by molar-refractivity contribution is 0.0383. The van der Waals surface area contributed by atoms with E-state index in [0.717, 1.165) is 11.3 Å². The molecule has 0 bridgehead atoms. The van der Waals surface area contributed by atoms with Gasteiger partial charge in [0.05, 0.1) is 11.7 Å². The first-order valence-corrected chi connectivity index (χ1v) is 8.34. The Balaban J connectivity index is 2.30. The third kappa shape index (κ3) is 3.94. The molecule has 2 aromatic rings. The first kappa shape index (κ1) is 18.0. The molecular formula is C17H15ClN2O3S. The lowest BCUT2D eigenvalue weighted by Crippen LogP contribution is -2.11. The van der Waals surface area contributed by atoms with Gasteiger partial charge >= 0.3 is 5.97 Å². The van der Waals surface area contributed by atoms with E-state index >= 15 is 0 Å². The summed E-state index contributed by atoms with van der Waals surface area (Å²) in [5.41, 5.74) is 1.17. The van der Waals surface area contributed by atoms with Crippen LogP contribution in [-0.4, -0.2) is 18.0 Å². The van der Waals surface area contributed by atoms with Crippen LogP contribution in [0.2, 0.25) is 5.02 Å². The van der Waals surface area contributed by atoms with Crippen molar-refractivity contribution < 1.29 is 14.3 Å². The predicted octanol–water partition coefficient (Wildman–Crippen LogP) is 4.40. The minimum absolute atomic E-state index is 0.262. The second kappa shape index (κ2) is 7.47. The Hall–Kier alpha value is -2.36. The van der Waals surface area contributed by atoms with E-state index in [0.29, 0.717) is 26.0 Å². The Labute approximate surface area is 148 Å². The van der Waals surface area contributed by atoms with Gasteiger partial charge in [-0.1, -0.05) is 11.6 Å². The van der Waals surface area contributed by atoms with Gasteiger partial charge in [0.1, 0.15) is 15.9 Å². The van der Waals surface area contributed by atoms with Crippen LogP contribution in [0.5, 0.6) is 0 Å². The molecule has 7 heteroatoms. The summed E-state index contributed by atoms with van der Waals surface area (Å²) in [6.45, 7) is 5.15. The lowest BCUT2D eigenvalue weighted by atomic mass is 10.1. The highest BCUT2D eigenvalue weighted by atomic mass is 35.5. The standard InChI is InChI=1S/C17H15ClN2O3S/c1-9(2)23-17(22)14-10(3)13(8-19)16(24-14)20-15(21)11-4-6-12(18)7-5-11/h4-7,9H,1-3H3,(H,20,21). The maximum atomic E-state index is 12.3. The molecule has 0 unspecified atom stereocenters. The number of rotatable bonds is 4. The van der Waals surface area contributed by atoms with Gasteiger partial charge in [-0.05, 0) is 50.6 Å². The van der Waals surface area contributed by atoms with Crippen molar-refractivity contribution in [3.63, 3.8) is 0 Å². The molecule has 0 spiro atoms. The molecule has 0 saturated heterocycles. The molecule has 2 rings (SSSR count). The summed E-state index contributed by atoms with van der Waals surface area (Å²) in [5.74, 6) is -0.885. The number of thiophene rings is 1. The zero-order valence-corrected chi connectivity index (χ0v) is 14.9. The number of benzene rings is 1. The summed E-state index contributed by atoms with van der Waals surface area (Å²) in [4.78, 5) is 24.7. The molecule has 24 heavy (non-hydrogen) atoms. The summed E-state index contributed by atoms with van der Waals surface area (Å²) >= 11 is 6.83. The number of esters is 1. The van der Waals surface area contributed by atoms with E-state index in [4.69, 9.17) is 16.3 Å². The van der Waals surface area contributed by atoms with Crippen molar-refractivity contribution in [2.45, 2.75) is 26.9 Å². The average Bonchev–Trinajstić information content (AvgIpc) is 2.83. The molecule has 1 heterocycles. The van der Waals surface area contributed by atoms with Gasteiger partial charge in [0.15, 0.2) is 0 Å². The van der Waals surface area contributed by atoms with E-state index in [1.807, 2.05) is 6.07 Å². The van der Waals surface area contributed by atoms with Crippen molar-refractivity contribution in [3.05, 3.63) is 50.9 Å². The summed E-state index contributed by atoms with van der Waals surface area (Å²) in [7, 11) is 0. The number of carbonyl (C=O) groups excluding carboxylic acids is 2. The number of amides is 1. The molecule has 0 fully saturated rings. The Morgan fingerprint density at radius 3 is 2.46 bits per heavy atom. The third-order valence-electron chi connectivity index (χ3n) is 3.12. The zero-order valence-electron chi connectivity index (χ0n) is 13.3. The smallest absolute Gasteiger partial charge is 0.348 e. The van der Waals surface area contributed by atoms with Gasteiger partial charge in [-0.2, -0.15) is 5.26 Å². The van der Waals surface area contributed by atoms with Crippen LogP contribution in [0.1, 0.15) is 45.0 Å². The number of hydrogen-bond donors (Lipinski definition) is 1. The predicted molar refractivity (Wildman–Crippen MR) is 93.7 cm³/mol. The second-order valence-electron chi connectivity index (χ2n) is 5.29. The number of carbonyl (C=O) groups is 2. The molecule has 5 nitrogen and oxygen atoms in total. The third-order valence-corrected chi connectivity index (χ3v) is 4.56. The van der Waals surface area contributed by atoms with Crippen LogP contribution in [0.4, 0.5) is 5.00 Å². The number of hydrogen-bond acceptors (Lipinski definition) is 5.